The van der Waals surface area contributed by atoms with Crippen LogP contribution in [0.1, 0.15) is 32.6 Å². The molecule has 0 saturated carbocycles. The molecule has 1 aromatic rings. The minimum atomic E-state index is -4.74. The first-order valence-electron chi connectivity index (χ1n) is 10.7. The van der Waals surface area contributed by atoms with Crippen molar-refractivity contribution >= 4 is 11.6 Å². The van der Waals surface area contributed by atoms with Crippen LogP contribution < -0.4 is 35.2 Å². The molecule has 2 aliphatic rings. The summed E-state index contributed by atoms with van der Waals surface area (Å²) in [7, 11) is 1.56. The van der Waals surface area contributed by atoms with E-state index in [1.54, 1.807) is 7.05 Å². The zero-order chi connectivity index (χ0) is 26.7. The topological polar surface area (TPSA) is 142 Å². The molecule has 3 N–H and O–H groups in total. The lowest BCUT2D eigenvalue weighted by atomic mass is 9.73. The van der Waals surface area contributed by atoms with E-state index in [4.69, 9.17) is 4.74 Å². The number of ether oxygens (including phenoxy) is 1. The maximum Gasteiger partial charge on any atom is 0.330 e. The second-order valence-electron chi connectivity index (χ2n) is 9.91. The Balaban J connectivity index is 0.00000456. The summed E-state index contributed by atoms with van der Waals surface area (Å²) >= 11 is 0. The van der Waals surface area contributed by atoms with Gasteiger partial charge in [0, 0.05) is 17.2 Å². The monoisotopic (exact) mass is 629 g/mol. The normalized spacial score (nSPS) is 30.6. The zero-order valence-electron chi connectivity index (χ0n) is 20.1. The number of aryl methyl sites for hydroxylation is 1. The second-order valence-corrected chi connectivity index (χ2v) is 9.91. The molecule has 0 amide bonds. The predicted molar refractivity (Wildman–Crippen MR) is 115 cm³/mol. The Kier molecular flexibility index (Phi) is 8.14. The number of likely N-dealkylation sites (N-methyl/N-ethyl adjacent to an activating group) is 1. The number of rotatable bonds is 5. The molecule has 10 nitrogen and oxygen atoms in total. The molecule has 0 bridgehead atoms. The number of halogens is 4. The van der Waals surface area contributed by atoms with Gasteiger partial charge in [-0.1, -0.05) is 20.8 Å². The van der Waals surface area contributed by atoms with Gasteiger partial charge in [0.25, 0.3) is 11.3 Å². The van der Waals surface area contributed by atoms with E-state index in [2.05, 4.69) is 0 Å². The van der Waals surface area contributed by atoms with Crippen molar-refractivity contribution in [2.24, 2.45) is 5.41 Å². The number of carbonyl (C=O) groups excluding carboxylic acids is 2. The van der Waals surface area contributed by atoms with Crippen LogP contribution in [0.15, 0.2) is 27.9 Å². The van der Waals surface area contributed by atoms with Crippen molar-refractivity contribution in [3.8, 4) is 0 Å². The summed E-state index contributed by atoms with van der Waals surface area (Å²) in [5.41, 5.74) is -8.25. The van der Waals surface area contributed by atoms with E-state index in [-0.39, 0.29) is 42.0 Å². The SMILES string of the molecule is Cc1cn([C@@H]2O[C@](F)(C(O)(F)C(=O)C(C)(C)C)[C@](O)(C(=O)[C+]3C=CCN(C)C3)C2F)c(=O)[nH]c1=O.[I-]. The molecule has 0 aliphatic carbocycles. The number of ketones is 2. The molecule has 0 radical (unpaired) electrons. The number of hydrogen-bond donors (Lipinski definition) is 3. The van der Waals surface area contributed by atoms with Crippen molar-refractivity contribution in [3.05, 3.63) is 50.7 Å². The smallest absolute Gasteiger partial charge is 0.330 e. The van der Waals surface area contributed by atoms with E-state index in [1.165, 1.54) is 24.0 Å². The van der Waals surface area contributed by atoms with Gasteiger partial charge in [-0.05, 0) is 14.0 Å². The summed E-state index contributed by atoms with van der Waals surface area (Å²) in [6.45, 7) is 4.72. The molecule has 2 aliphatic heterocycles. The van der Waals surface area contributed by atoms with Crippen LogP contribution in [-0.2, 0) is 14.3 Å². The molecule has 0 aromatic carbocycles. The third-order valence-corrected chi connectivity index (χ3v) is 6.07. The van der Waals surface area contributed by atoms with Crippen molar-refractivity contribution in [2.75, 3.05) is 20.1 Å². The molecule has 1 fully saturated rings. The second kappa shape index (κ2) is 9.70. The highest BCUT2D eigenvalue weighted by Crippen LogP contribution is 2.55. The van der Waals surface area contributed by atoms with Crippen LogP contribution in [0.25, 0.3) is 0 Å². The summed E-state index contributed by atoms with van der Waals surface area (Å²) in [6, 6.07) is 0. The van der Waals surface area contributed by atoms with Gasteiger partial charge in [-0.15, -0.1) is 0 Å². The Hall–Kier alpha value is -2.01. The average Bonchev–Trinajstić information content (AvgIpc) is 2.97. The Morgan fingerprint density at radius 2 is 1.89 bits per heavy atom. The van der Waals surface area contributed by atoms with Gasteiger partial charge >= 0.3 is 17.4 Å². The molecule has 200 valence electrons. The van der Waals surface area contributed by atoms with Crippen LogP contribution in [-0.4, -0.2) is 79.9 Å². The fraction of sp³-hybridized carbons (Fsp3) is 0.591. The van der Waals surface area contributed by atoms with Gasteiger partial charge < -0.3 is 38.9 Å². The van der Waals surface area contributed by atoms with Crippen molar-refractivity contribution in [1.82, 2.24) is 14.5 Å². The number of nitrogens with one attached hydrogen (secondary N) is 1. The lowest BCUT2D eigenvalue weighted by Gasteiger charge is -2.40. The van der Waals surface area contributed by atoms with E-state index >= 15 is 13.2 Å². The number of Topliss-reactive ketones (excluding diaryl/α,β-unsaturated/α-hetero) is 2. The lowest BCUT2D eigenvalue weighted by Crippen LogP contribution is -3.00. The van der Waals surface area contributed by atoms with Crippen LogP contribution in [0.3, 0.4) is 0 Å². The average molecular weight is 629 g/mol. The first-order valence-corrected chi connectivity index (χ1v) is 10.7. The zero-order valence-corrected chi connectivity index (χ0v) is 22.3. The number of H-pyrrole nitrogens is 1. The Morgan fingerprint density at radius 3 is 2.42 bits per heavy atom. The van der Waals surface area contributed by atoms with Crippen molar-refractivity contribution in [2.45, 2.75) is 57.4 Å². The van der Waals surface area contributed by atoms with Gasteiger partial charge in [0.1, 0.15) is 12.0 Å². The minimum absolute atomic E-state index is 0. The molecular weight excluding hydrogens is 602 g/mol. The fourth-order valence-electron chi connectivity index (χ4n) is 4.09. The maximum atomic E-state index is 16.5. The first-order chi connectivity index (χ1) is 15.9. The standard InChI is InChI=1S/C22H26F3N3O7.HI/c1-11-9-28(18(32)26-15(11)30)16-13(23)20(33,14(29)12-7-6-8-27(5)10-12)22(25,35-16)21(24,34)17(31)19(2,3)4;/h6-7,9,13,16,33-34H,8,10H2,1-5H3;1H/t13?,16-,20-,21?,22+;/m1./s1. The summed E-state index contributed by atoms with van der Waals surface area (Å²) in [5.74, 6) is -13.3. The molecule has 0 spiro atoms. The molecule has 2 unspecified atom stereocenters. The van der Waals surface area contributed by atoms with Crippen LogP contribution in [0, 0.1) is 18.3 Å². The largest absolute Gasteiger partial charge is 1.00 e. The van der Waals surface area contributed by atoms with Gasteiger partial charge in [0.05, 0.1) is 19.2 Å². The third-order valence-electron chi connectivity index (χ3n) is 6.07. The highest BCUT2D eigenvalue weighted by Gasteiger charge is 2.84. The van der Waals surface area contributed by atoms with E-state index in [9.17, 15) is 29.4 Å². The Morgan fingerprint density at radius 1 is 1.31 bits per heavy atom. The molecule has 14 heteroatoms. The van der Waals surface area contributed by atoms with Gasteiger partial charge in [-0.3, -0.25) is 28.8 Å². The van der Waals surface area contributed by atoms with Crippen LogP contribution >= 0.6 is 0 Å². The number of carbonyl (C=O) groups is 2. The number of aliphatic hydroxyl groups is 2. The van der Waals surface area contributed by atoms with Crippen LogP contribution in [0.5, 0.6) is 0 Å². The number of aromatic amines is 1. The van der Waals surface area contributed by atoms with E-state index in [0.717, 1.165) is 27.0 Å². The highest BCUT2D eigenvalue weighted by molar-refractivity contribution is 6.04. The van der Waals surface area contributed by atoms with Crippen LogP contribution in [0.2, 0.25) is 0 Å². The first kappa shape index (κ1) is 30.2. The highest BCUT2D eigenvalue weighted by atomic mass is 127. The number of alkyl halides is 3. The number of hydrogen-bond acceptors (Lipinski definition) is 8. The van der Waals surface area contributed by atoms with Gasteiger partial charge in [-0.2, -0.15) is 4.39 Å². The lowest BCUT2D eigenvalue weighted by molar-refractivity contribution is -0.330. The van der Waals surface area contributed by atoms with Crippen molar-refractivity contribution in [1.29, 1.82) is 0 Å². The molecule has 1 saturated heterocycles. The summed E-state index contributed by atoms with van der Waals surface area (Å²) in [4.78, 5) is 53.4. The molecule has 3 rings (SSSR count). The minimum Gasteiger partial charge on any atom is -1.00 e. The molecule has 3 heterocycles. The van der Waals surface area contributed by atoms with Gasteiger partial charge in [-0.25, -0.2) is 13.6 Å². The summed E-state index contributed by atoms with van der Waals surface area (Å²) in [5, 5.41) is 21.7. The Labute approximate surface area is 221 Å². The number of nitrogens with zero attached hydrogens (tertiary/aromatic N) is 2. The third kappa shape index (κ3) is 4.46. The molecule has 1 aromatic heterocycles. The predicted octanol–water partition coefficient (Wildman–Crippen LogP) is -2.97. The molecule has 5 atom stereocenters. The van der Waals surface area contributed by atoms with Crippen molar-refractivity contribution < 1.29 is 61.7 Å². The van der Waals surface area contributed by atoms with Crippen LogP contribution in [0.4, 0.5) is 13.2 Å². The quantitative estimate of drug-likeness (QED) is 0.232. The molecule has 36 heavy (non-hydrogen) atoms. The maximum absolute atomic E-state index is 16.5. The fourth-order valence-corrected chi connectivity index (χ4v) is 4.09. The Bertz CT molecular complexity index is 1190. The molecular formula is C22H27F3IN3O7. The van der Waals surface area contributed by atoms with Gasteiger partial charge in [0.15, 0.2) is 12.4 Å². The van der Waals surface area contributed by atoms with Crippen molar-refractivity contribution in [3.63, 3.8) is 0 Å². The van der Waals surface area contributed by atoms with E-state index < -0.39 is 57.9 Å². The van der Waals surface area contributed by atoms with E-state index in [1.807, 2.05) is 4.98 Å². The summed E-state index contributed by atoms with van der Waals surface area (Å²) in [6.07, 6.45) is -2.39. The number of aromatic nitrogens is 2. The summed E-state index contributed by atoms with van der Waals surface area (Å²) < 4.78 is 53.2. The van der Waals surface area contributed by atoms with E-state index in [0.29, 0.717) is 11.1 Å². The van der Waals surface area contributed by atoms with Gasteiger partial charge in [0.2, 0.25) is 11.4 Å².